The van der Waals surface area contributed by atoms with Crippen LogP contribution in [0.1, 0.15) is 39.9 Å². The molecule has 0 bridgehead atoms. The predicted octanol–water partition coefficient (Wildman–Crippen LogP) is 5.52. The maximum atomic E-state index is 11.3. The predicted molar refractivity (Wildman–Crippen MR) is 96.2 cm³/mol. The van der Waals surface area contributed by atoms with Crippen LogP contribution in [0.25, 0.3) is 0 Å². The summed E-state index contributed by atoms with van der Waals surface area (Å²) in [5, 5.41) is 13.9. The minimum Gasteiger partial charge on any atom is -0.478 e. The van der Waals surface area contributed by atoms with Crippen molar-refractivity contribution in [3.63, 3.8) is 0 Å². The van der Waals surface area contributed by atoms with Crippen molar-refractivity contribution >= 4 is 34.9 Å². The van der Waals surface area contributed by atoms with E-state index in [1.807, 2.05) is 18.2 Å². The standard InChI is InChI=1S/C19H15Cl2NO2/c20-15-6-2-5-13(17(15)21)18-12-4-1-3-11(12)14-9-10(19(23)24)7-8-16(14)22-18/h1-3,5-9,11-12,18,22H,4H2,(H,23,24)/t11-,12-,18-/m0/s1. The lowest BCUT2D eigenvalue weighted by Crippen LogP contribution is -2.29. The second kappa shape index (κ2) is 5.83. The summed E-state index contributed by atoms with van der Waals surface area (Å²) in [5.74, 6) is -0.436. The highest BCUT2D eigenvalue weighted by Crippen LogP contribution is 2.51. The minimum absolute atomic E-state index is 0.0411. The number of anilines is 1. The number of fused-ring (bicyclic) bond motifs is 3. The first kappa shape index (κ1) is 15.6. The molecule has 2 N–H and O–H groups in total. The number of hydrogen-bond donors (Lipinski definition) is 2. The molecule has 0 unspecified atom stereocenters. The molecule has 0 aromatic heterocycles. The minimum atomic E-state index is -0.906. The molecular weight excluding hydrogens is 345 g/mol. The Morgan fingerprint density at radius 3 is 2.79 bits per heavy atom. The van der Waals surface area contributed by atoms with Crippen LogP contribution < -0.4 is 5.32 Å². The zero-order valence-corrected chi connectivity index (χ0v) is 14.2. The van der Waals surface area contributed by atoms with Gasteiger partial charge in [0.2, 0.25) is 0 Å². The van der Waals surface area contributed by atoms with Crippen LogP contribution in [0.4, 0.5) is 5.69 Å². The molecule has 122 valence electrons. The van der Waals surface area contributed by atoms with Crippen molar-refractivity contribution in [3.8, 4) is 0 Å². The lowest BCUT2D eigenvalue weighted by atomic mass is 9.76. The summed E-state index contributed by atoms with van der Waals surface area (Å²) < 4.78 is 0. The third-order valence-electron chi connectivity index (χ3n) is 4.93. The number of hydrogen-bond acceptors (Lipinski definition) is 2. The maximum absolute atomic E-state index is 11.3. The van der Waals surface area contributed by atoms with Crippen molar-refractivity contribution in [1.82, 2.24) is 0 Å². The first-order chi connectivity index (χ1) is 11.6. The first-order valence-electron chi connectivity index (χ1n) is 7.80. The summed E-state index contributed by atoms with van der Waals surface area (Å²) in [6, 6.07) is 11.0. The average Bonchev–Trinajstić information content (AvgIpc) is 3.06. The highest BCUT2D eigenvalue weighted by atomic mass is 35.5. The molecule has 1 aliphatic carbocycles. The zero-order chi connectivity index (χ0) is 16.8. The van der Waals surface area contributed by atoms with E-state index in [4.69, 9.17) is 23.2 Å². The van der Waals surface area contributed by atoms with Crippen LogP contribution in [0.2, 0.25) is 10.0 Å². The van der Waals surface area contributed by atoms with Gasteiger partial charge < -0.3 is 10.4 Å². The Kier molecular flexibility index (Phi) is 3.78. The zero-order valence-electron chi connectivity index (χ0n) is 12.7. The summed E-state index contributed by atoms with van der Waals surface area (Å²) in [6.45, 7) is 0. The second-order valence-electron chi connectivity index (χ2n) is 6.23. The number of allylic oxidation sites excluding steroid dienone is 2. The molecule has 3 atom stereocenters. The van der Waals surface area contributed by atoms with E-state index in [-0.39, 0.29) is 17.9 Å². The highest BCUT2D eigenvalue weighted by Gasteiger charge is 2.39. The van der Waals surface area contributed by atoms with Crippen LogP contribution in [-0.2, 0) is 0 Å². The van der Waals surface area contributed by atoms with Gasteiger partial charge in [0, 0.05) is 11.6 Å². The lowest BCUT2D eigenvalue weighted by molar-refractivity contribution is 0.0696. The van der Waals surface area contributed by atoms with Gasteiger partial charge in [0.1, 0.15) is 0 Å². The van der Waals surface area contributed by atoms with Gasteiger partial charge in [-0.2, -0.15) is 0 Å². The summed E-state index contributed by atoms with van der Waals surface area (Å²) in [7, 11) is 0. The van der Waals surface area contributed by atoms with Gasteiger partial charge in [-0.15, -0.1) is 0 Å². The summed E-state index contributed by atoms with van der Waals surface area (Å²) in [4.78, 5) is 11.3. The molecule has 4 rings (SSSR count). The number of carbonyl (C=O) groups is 1. The number of carboxylic acid groups (broad SMARTS) is 1. The molecule has 0 radical (unpaired) electrons. The molecule has 2 aromatic rings. The number of halogens is 2. The molecule has 5 heteroatoms. The van der Waals surface area contributed by atoms with Gasteiger partial charge in [0.05, 0.1) is 21.7 Å². The monoisotopic (exact) mass is 359 g/mol. The first-order valence-corrected chi connectivity index (χ1v) is 8.56. The van der Waals surface area contributed by atoms with Crippen molar-refractivity contribution in [2.45, 2.75) is 18.4 Å². The number of rotatable bonds is 2. The second-order valence-corrected chi connectivity index (χ2v) is 7.01. The largest absolute Gasteiger partial charge is 0.478 e. The SMILES string of the molecule is O=C(O)c1ccc2c(c1)[C@H]1C=CC[C@@H]1[C@@H](c1cccc(Cl)c1Cl)N2. The molecular formula is C19H15Cl2NO2. The summed E-state index contributed by atoms with van der Waals surface area (Å²) >= 11 is 12.6. The van der Waals surface area contributed by atoms with Crippen LogP contribution in [0.5, 0.6) is 0 Å². The molecule has 0 saturated carbocycles. The van der Waals surface area contributed by atoms with Crippen molar-refractivity contribution in [2.75, 3.05) is 5.32 Å². The fourth-order valence-electron chi connectivity index (χ4n) is 3.80. The van der Waals surface area contributed by atoms with Crippen LogP contribution in [0.15, 0.2) is 48.6 Å². The Morgan fingerprint density at radius 1 is 1.17 bits per heavy atom. The van der Waals surface area contributed by atoms with E-state index in [9.17, 15) is 9.90 Å². The van der Waals surface area contributed by atoms with Gasteiger partial charge in [0.15, 0.2) is 0 Å². The van der Waals surface area contributed by atoms with E-state index in [0.29, 0.717) is 15.6 Å². The summed E-state index contributed by atoms with van der Waals surface area (Å²) in [6.07, 6.45) is 5.24. The van der Waals surface area contributed by atoms with Crippen molar-refractivity contribution in [1.29, 1.82) is 0 Å². The average molecular weight is 360 g/mol. The van der Waals surface area contributed by atoms with Crippen LogP contribution in [0, 0.1) is 5.92 Å². The number of carboxylic acids is 1. The van der Waals surface area contributed by atoms with E-state index in [1.54, 1.807) is 18.2 Å². The highest BCUT2D eigenvalue weighted by molar-refractivity contribution is 6.42. The fraction of sp³-hybridized carbons (Fsp3) is 0.211. The normalized spacial score (nSPS) is 24.2. The topological polar surface area (TPSA) is 49.3 Å². The van der Waals surface area contributed by atoms with Gasteiger partial charge in [-0.25, -0.2) is 4.79 Å². The Bertz CT molecular complexity index is 862. The Balaban J connectivity index is 1.81. The third kappa shape index (κ3) is 2.40. The molecule has 0 saturated heterocycles. The Hall–Kier alpha value is -1.97. The van der Waals surface area contributed by atoms with E-state index in [1.165, 1.54) is 0 Å². The lowest BCUT2D eigenvalue weighted by Gasteiger charge is -2.38. The van der Waals surface area contributed by atoms with Crippen LogP contribution >= 0.6 is 23.2 Å². The van der Waals surface area contributed by atoms with Crippen molar-refractivity contribution < 1.29 is 9.90 Å². The molecule has 0 spiro atoms. The molecule has 2 aliphatic rings. The van der Waals surface area contributed by atoms with E-state index in [0.717, 1.165) is 23.2 Å². The molecule has 0 amide bonds. The summed E-state index contributed by atoms with van der Waals surface area (Å²) in [5.41, 5.74) is 3.28. The smallest absolute Gasteiger partial charge is 0.335 e. The Labute approximate surface area is 149 Å². The van der Waals surface area contributed by atoms with Gasteiger partial charge in [0.25, 0.3) is 0 Å². The fourth-order valence-corrected chi connectivity index (χ4v) is 4.22. The molecule has 1 aliphatic heterocycles. The maximum Gasteiger partial charge on any atom is 0.335 e. The third-order valence-corrected chi connectivity index (χ3v) is 5.76. The van der Waals surface area contributed by atoms with Crippen molar-refractivity contribution in [3.05, 3.63) is 75.3 Å². The van der Waals surface area contributed by atoms with E-state index in [2.05, 4.69) is 17.5 Å². The number of benzene rings is 2. The van der Waals surface area contributed by atoms with E-state index >= 15 is 0 Å². The van der Waals surface area contributed by atoms with E-state index < -0.39 is 5.97 Å². The van der Waals surface area contributed by atoms with Gasteiger partial charge in [-0.1, -0.05) is 47.5 Å². The quantitative estimate of drug-likeness (QED) is 0.694. The van der Waals surface area contributed by atoms with Gasteiger partial charge >= 0.3 is 5.97 Å². The molecule has 3 nitrogen and oxygen atoms in total. The van der Waals surface area contributed by atoms with Crippen LogP contribution in [-0.4, -0.2) is 11.1 Å². The number of nitrogens with one attached hydrogen (secondary N) is 1. The van der Waals surface area contributed by atoms with Gasteiger partial charge in [-0.3, -0.25) is 0 Å². The number of aromatic carboxylic acids is 1. The Morgan fingerprint density at radius 2 is 2.00 bits per heavy atom. The van der Waals surface area contributed by atoms with Gasteiger partial charge in [-0.05, 0) is 47.7 Å². The molecule has 0 fully saturated rings. The molecule has 24 heavy (non-hydrogen) atoms. The molecule has 1 heterocycles. The van der Waals surface area contributed by atoms with Crippen LogP contribution in [0.3, 0.4) is 0 Å². The molecule has 2 aromatic carbocycles. The van der Waals surface area contributed by atoms with Crippen molar-refractivity contribution in [2.24, 2.45) is 5.92 Å².